The maximum Gasteiger partial charge on any atom is 0.253 e. The van der Waals surface area contributed by atoms with Gasteiger partial charge in [0.2, 0.25) is 10.0 Å². The normalized spacial score (nSPS) is 14.9. The molecule has 0 spiro atoms. The maximum absolute atomic E-state index is 12.7. The summed E-state index contributed by atoms with van der Waals surface area (Å²) in [6, 6.07) is 11.7. The molecule has 1 aliphatic rings. The second-order valence-electron chi connectivity index (χ2n) is 7.25. The van der Waals surface area contributed by atoms with Gasteiger partial charge in [-0.3, -0.25) is 4.79 Å². The lowest BCUT2D eigenvalue weighted by Gasteiger charge is -2.16. The molecule has 1 saturated heterocycles. The third-order valence-corrected chi connectivity index (χ3v) is 6.86. The van der Waals surface area contributed by atoms with Crippen molar-refractivity contribution in [3.05, 3.63) is 58.6 Å². The summed E-state index contributed by atoms with van der Waals surface area (Å²) in [4.78, 5) is 12.7. The number of nitrogens with zero attached hydrogens (tertiary/aromatic N) is 1. The Kier molecular flexibility index (Phi) is 6.82. The molecular weight excluding hydrogens is 412 g/mol. The lowest BCUT2D eigenvalue weighted by atomic mass is 10.2. The van der Waals surface area contributed by atoms with Crippen LogP contribution in [0.25, 0.3) is 0 Å². The highest BCUT2D eigenvalue weighted by atomic mass is 35.5. The Hall–Kier alpha value is -2.09. The van der Waals surface area contributed by atoms with E-state index in [1.165, 1.54) is 22.5 Å². The van der Waals surface area contributed by atoms with E-state index in [9.17, 15) is 13.2 Å². The topological polar surface area (TPSA) is 75.7 Å². The van der Waals surface area contributed by atoms with Crippen LogP contribution < -0.4 is 10.1 Å². The van der Waals surface area contributed by atoms with Crippen LogP contribution >= 0.6 is 11.6 Å². The van der Waals surface area contributed by atoms with Gasteiger partial charge in [0.15, 0.2) is 0 Å². The van der Waals surface area contributed by atoms with E-state index in [1.54, 1.807) is 0 Å². The van der Waals surface area contributed by atoms with Crippen LogP contribution in [0, 0.1) is 0 Å². The quantitative estimate of drug-likeness (QED) is 0.715. The smallest absolute Gasteiger partial charge is 0.253 e. The first kappa shape index (κ1) is 21.6. The largest absolute Gasteiger partial charge is 0.491 e. The fraction of sp³-hybridized carbons (Fsp3) is 0.381. The molecule has 1 amide bonds. The molecule has 2 aromatic carbocycles. The van der Waals surface area contributed by atoms with Crippen molar-refractivity contribution in [2.24, 2.45) is 0 Å². The number of carbonyl (C=O) groups is 1. The van der Waals surface area contributed by atoms with E-state index in [2.05, 4.69) is 5.32 Å². The van der Waals surface area contributed by atoms with Crippen molar-refractivity contribution < 1.29 is 17.9 Å². The summed E-state index contributed by atoms with van der Waals surface area (Å²) in [7, 11) is -3.61. The molecule has 8 heteroatoms. The van der Waals surface area contributed by atoms with Gasteiger partial charge < -0.3 is 10.1 Å². The number of ether oxygens (including phenoxy) is 1. The molecule has 0 unspecified atom stereocenters. The molecule has 1 N–H and O–H groups in total. The van der Waals surface area contributed by atoms with Crippen LogP contribution in [0.1, 0.15) is 42.6 Å². The van der Waals surface area contributed by atoms with Gasteiger partial charge in [0.05, 0.1) is 21.6 Å². The van der Waals surface area contributed by atoms with E-state index in [1.807, 2.05) is 38.1 Å². The molecule has 1 heterocycles. The number of hydrogen-bond donors (Lipinski definition) is 1. The van der Waals surface area contributed by atoms with Gasteiger partial charge in [-0.2, -0.15) is 4.31 Å². The summed E-state index contributed by atoms with van der Waals surface area (Å²) < 4.78 is 32.5. The fourth-order valence-electron chi connectivity index (χ4n) is 3.15. The van der Waals surface area contributed by atoms with Gasteiger partial charge in [-0.05, 0) is 62.6 Å². The number of hydrogen-bond acceptors (Lipinski definition) is 4. The van der Waals surface area contributed by atoms with Gasteiger partial charge in [-0.25, -0.2) is 8.42 Å². The van der Waals surface area contributed by atoms with E-state index in [0.717, 1.165) is 24.2 Å². The van der Waals surface area contributed by atoms with Gasteiger partial charge in [0, 0.05) is 19.6 Å². The average molecular weight is 437 g/mol. The van der Waals surface area contributed by atoms with Crippen molar-refractivity contribution in [2.75, 3.05) is 13.1 Å². The van der Waals surface area contributed by atoms with Gasteiger partial charge in [-0.1, -0.05) is 23.7 Å². The van der Waals surface area contributed by atoms with Crippen LogP contribution in [0.5, 0.6) is 5.75 Å². The molecule has 156 valence electrons. The average Bonchev–Trinajstić information content (AvgIpc) is 3.22. The molecule has 2 aromatic rings. The monoisotopic (exact) mass is 436 g/mol. The Labute approximate surface area is 176 Å². The van der Waals surface area contributed by atoms with E-state index in [0.29, 0.717) is 19.6 Å². The summed E-state index contributed by atoms with van der Waals surface area (Å²) in [6.07, 6.45) is 1.79. The summed E-state index contributed by atoms with van der Waals surface area (Å²) in [5.41, 5.74) is 1.04. The van der Waals surface area contributed by atoms with Crippen LogP contribution in [0.4, 0.5) is 0 Å². The number of halogens is 1. The molecule has 6 nitrogen and oxygen atoms in total. The van der Waals surface area contributed by atoms with Crippen molar-refractivity contribution in [2.45, 2.75) is 44.2 Å². The first-order valence-corrected chi connectivity index (χ1v) is 11.4. The molecule has 0 radical (unpaired) electrons. The van der Waals surface area contributed by atoms with Gasteiger partial charge in [0.25, 0.3) is 5.91 Å². The highest BCUT2D eigenvalue weighted by Crippen LogP contribution is 2.25. The number of rotatable bonds is 7. The van der Waals surface area contributed by atoms with E-state index < -0.39 is 15.9 Å². The van der Waals surface area contributed by atoms with Crippen molar-refractivity contribution >= 4 is 27.5 Å². The van der Waals surface area contributed by atoms with Crippen LogP contribution in [0.2, 0.25) is 5.02 Å². The standard InChI is InChI=1S/C21H25ClN2O4S/c1-15(2)28-17-7-5-16(6-8-17)14-23-21(25)19-13-18(9-10-20(19)22)29(26,27)24-11-3-4-12-24/h5-10,13,15H,3-4,11-12,14H2,1-2H3,(H,23,25). The van der Waals surface area contributed by atoms with Crippen LogP contribution in [-0.4, -0.2) is 37.8 Å². The maximum atomic E-state index is 12.7. The third kappa shape index (κ3) is 5.29. The summed E-state index contributed by atoms with van der Waals surface area (Å²) in [5, 5.41) is 3.00. The zero-order valence-electron chi connectivity index (χ0n) is 16.5. The minimum absolute atomic E-state index is 0.0872. The Balaban J connectivity index is 1.70. The van der Waals surface area contributed by atoms with E-state index >= 15 is 0 Å². The number of amides is 1. The van der Waals surface area contributed by atoms with Crippen LogP contribution in [0.15, 0.2) is 47.4 Å². The zero-order valence-corrected chi connectivity index (χ0v) is 18.1. The van der Waals surface area contributed by atoms with Crippen molar-refractivity contribution in [1.82, 2.24) is 9.62 Å². The predicted octanol–water partition coefficient (Wildman–Crippen LogP) is 3.84. The molecular formula is C21H25ClN2O4S. The van der Waals surface area contributed by atoms with Crippen LogP contribution in [0.3, 0.4) is 0 Å². The Morgan fingerprint density at radius 1 is 1.14 bits per heavy atom. The molecule has 0 atom stereocenters. The third-order valence-electron chi connectivity index (χ3n) is 4.63. The molecule has 3 rings (SSSR count). The minimum Gasteiger partial charge on any atom is -0.491 e. The number of nitrogens with one attached hydrogen (secondary N) is 1. The summed E-state index contributed by atoms with van der Waals surface area (Å²) in [5.74, 6) is 0.342. The highest BCUT2D eigenvalue weighted by molar-refractivity contribution is 7.89. The van der Waals surface area contributed by atoms with Gasteiger partial charge in [-0.15, -0.1) is 0 Å². The molecule has 0 saturated carbocycles. The lowest BCUT2D eigenvalue weighted by molar-refractivity contribution is 0.0951. The summed E-state index contributed by atoms with van der Waals surface area (Å²) in [6.45, 7) is 5.21. The van der Waals surface area contributed by atoms with Crippen molar-refractivity contribution in [1.29, 1.82) is 0 Å². The van der Waals surface area contributed by atoms with Gasteiger partial charge in [0.1, 0.15) is 5.75 Å². The first-order valence-electron chi connectivity index (χ1n) is 9.61. The predicted molar refractivity (Wildman–Crippen MR) is 113 cm³/mol. The van der Waals surface area contributed by atoms with E-state index in [4.69, 9.17) is 16.3 Å². The Morgan fingerprint density at radius 2 is 1.79 bits per heavy atom. The molecule has 0 bridgehead atoms. The minimum atomic E-state index is -3.61. The molecule has 1 aliphatic heterocycles. The number of benzene rings is 2. The zero-order chi connectivity index (χ0) is 21.0. The highest BCUT2D eigenvalue weighted by Gasteiger charge is 2.28. The number of carbonyl (C=O) groups excluding carboxylic acids is 1. The lowest BCUT2D eigenvalue weighted by Crippen LogP contribution is -2.28. The first-order chi connectivity index (χ1) is 13.8. The summed E-state index contributed by atoms with van der Waals surface area (Å²) >= 11 is 6.17. The second kappa shape index (κ2) is 9.15. The number of sulfonamides is 1. The fourth-order valence-corrected chi connectivity index (χ4v) is 4.90. The Morgan fingerprint density at radius 3 is 2.41 bits per heavy atom. The van der Waals surface area contributed by atoms with Gasteiger partial charge >= 0.3 is 0 Å². The SMILES string of the molecule is CC(C)Oc1ccc(CNC(=O)c2cc(S(=O)(=O)N3CCCC3)ccc2Cl)cc1. The Bertz CT molecular complexity index is 969. The second-order valence-corrected chi connectivity index (χ2v) is 9.59. The van der Waals surface area contributed by atoms with E-state index in [-0.39, 0.29) is 21.6 Å². The van der Waals surface area contributed by atoms with Crippen molar-refractivity contribution in [3.63, 3.8) is 0 Å². The van der Waals surface area contributed by atoms with Crippen molar-refractivity contribution in [3.8, 4) is 5.75 Å². The molecule has 1 fully saturated rings. The molecule has 0 aliphatic carbocycles. The molecule has 0 aromatic heterocycles. The molecule has 29 heavy (non-hydrogen) atoms. The van der Waals surface area contributed by atoms with Crippen LogP contribution in [-0.2, 0) is 16.6 Å².